The van der Waals surface area contributed by atoms with Gasteiger partial charge in [-0.15, -0.1) is 0 Å². The van der Waals surface area contributed by atoms with E-state index in [-0.39, 0.29) is 5.91 Å². The number of benzene rings is 3. The van der Waals surface area contributed by atoms with Crippen LogP contribution in [0.3, 0.4) is 0 Å². The van der Waals surface area contributed by atoms with Crippen LogP contribution in [0.25, 0.3) is 17.0 Å². The van der Waals surface area contributed by atoms with Crippen LogP contribution < -0.4 is 4.90 Å². The van der Waals surface area contributed by atoms with Crippen LogP contribution in [0.15, 0.2) is 82.2 Å². The number of fused-ring (bicyclic) bond motifs is 1. The van der Waals surface area contributed by atoms with Gasteiger partial charge in [-0.3, -0.25) is 9.69 Å². The van der Waals surface area contributed by atoms with Crippen molar-refractivity contribution in [3.05, 3.63) is 104 Å². The lowest BCUT2D eigenvalue weighted by molar-refractivity contribution is -0.113. The van der Waals surface area contributed by atoms with Gasteiger partial charge in [-0.05, 0) is 58.8 Å². The lowest BCUT2D eigenvalue weighted by atomic mass is 10.1. The van der Waals surface area contributed by atoms with Gasteiger partial charge in [-0.2, -0.15) is 0 Å². The minimum Gasteiger partial charge on any atom is -0.340 e. The highest BCUT2D eigenvalue weighted by Crippen LogP contribution is 2.39. The molecule has 0 atom stereocenters. The van der Waals surface area contributed by atoms with Crippen LogP contribution in [-0.2, 0) is 11.3 Å². The molecule has 0 radical (unpaired) electrons. The van der Waals surface area contributed by atoms with Gasteiger partial charge < -0.3 is 4.57 Å². The van der Waals surface area contributed by atoms with Crippen LogP contribution in [0.2, 0.25) is 5.02 Å². The molecule has 0 saturated carbocycles. The van der Waals surface area contributed by atoms with E-state index in [2.05, 4.69) is 63.8 Å². The Balaban J connectivity index is 1.57. The Kier molecular flexibility index (Phi) is 6.18. The summed E-state index contributed by atoms with van der Waals surface area (Å²) in [6.07, 6.45) is 1.97. The summed E-state index contributed by atoms with van der Waals surface area (Å²) in [5.41, 5.74) is 5.18. The lowest BCUT2D eigenvalue weighted by Gasteiger charge is -2.15. The molecule has 3 aromatic carbocycles. The number of nitrogens with zero attached hydrogens (tertiary/aromatic N) is 2. The SMILES string of the molecule is Cc1c(/C=C2\SC(=S)N(c3ccc(Br)c(Cl)c3)C2=O)c2ccccc2n1Cc1ccccc1. The molecular weight excluding hydrogens is 536 g/mol. The first kappa shape index (κ1) is 22.4. The number of thioether (sulfide) groups is 1. The predicted octanol–water partition coefficient (Wildman–Crippen LogP) is 7.82. The summed E-state index contributed by atoms with van der Waals surface area (Å²) in [7, 11) is 0. The summed E-state index contributed by atoms with van der Waals surface area (Å²) in [6, 6.07) is 24.1. The molecule has 0 N–H and O–H groups in total. The summed E-state index contributed by atoms with van der Waals surface area (Å²) >= 11 is 16.5. The van der Waals surface area contributed by atoms with E-state index >= 15 is 0 Å². The summed E-state index contributed by atoms with van der Waals surface area (Å²) in [5.74, 6) is -0.136. The van der Waals surface area contributed by atoms with E-state index in [1.165, 1.54) is 17.3 Å². The van der Waals surface area contributed by atoms with Crippen molar-refractivity contribution >= 4 is 84.4 Å². The number of thiocarbonyl (C=S) groups is 1. The second-order valence-corrected chi connectivity index (χ2v) is 10.6. The number of carbonyl (C=O) groups is 1. The second kappa shape index (κ2) is 9.11. The topological polar surface area (TPSA) is 25.2 Å². The predicted molar refractivity (Wildman–Crippen MR) is 147 cm³/mol. The maximum absolute atomic E-state index is 13.3. The van der Waals surface area contributed by atoms with Crippen molar-refractivity contribution < 1.29 is 4.79 Å². The molecule has 1 amide bonds. The van der Waals surface area contributed by atoms with Gasteiger partial charge in [0.2, 0.25) is 0 Å². The molecule has 3 nitrogen and oxygen atoms in total. The minimum absolute atomic E-state index is 0.136. The normalized spacial score (nSPS) is 15.2. The van der Waals surface area contributed by atoms with Gasteiger partial charge in [0.25, 0.3) is 5.91 Å². The number of hydrogen-bond donors (Lipinski definition) is 0. The molecule has 2 heterocycles. The van der Waals surface area contributed by atoms with Crippen LogP contribution in [0.4, 0.5) is 5.69 Å². The zero-order chi connectivity index (χ0) is 23.1. The van der Waals surface area contributed by atoms with E-state index in [0.29, 0.717) is 19.9 Å². The molecule has 0 bridgehead atoms. The highest BCUT2D eigenvalue weighted by Gasteiger charge is 2.34. The zero-order valence-corrected chi connectivity index (χ0v) is 21.6. The quantitative estimate of drug-likeness (QED) is 0.190. The fraction of sp³-hybridized carbons (Fsp3) is 0.0769. The number of para-hydroxylation sites is 1. The Morgan fingerprint density at radius 2 is 1.79 bits per heavy atom. The molecule has 164 valence electrons. The van der Waals surface area contributed by atoms with E-state index in [0.717, 1.165) is 33.2 Å². The Labute approximate surface area is 215 Å². The van der Waals surface area contributed by atoms with Crippen molar-refractivity contribution in [2.75, 3.05) is 4.90 Å². The monoisotopic (exact) mass is 552 g/mol. The van der Waals surface area contributed by atoms with Crippen molar-refractivity contribution in [3.8, 4) is 0 Å². The van der Waals surface area contributed by atoms with Gasteiger partial charge in [0.1, 0.15) is 0 Å². The molecule has 7 heteroatoms. The molecule has 1 aliphatic rings. The molecule has 33 heavy (non-hydrogen) atoms. The number of amides is 1. The van der Waals surface area contributed by atoms with E-state index in [4.69, 9.17) is 23.8 Å². The molecule has 0 unspecified atom stereocenters. The number of anilines is 1. The Bertz CT molecular complexity index is 1450. The minimum atomic E-state index is -0.136. The third-order valence-electron chi connectivity index (χ3n) is 5.69. The van der Waals surface area contributed by atoms with Gasteiger partial charge in [-0.1, -0.05) is 84.1 Å². The summed E-state index contributed by atoms with van der Waals surface area (Å²) in [5, 5.41) is 1.65. The Hall–Kier alpha value is -2.38. The molecule has 1 saturated heterocycles. The third kappa shape index (κ3) is 4.17. The molecule has 0 spiro atoms. The smallest absolute Gasteiger partial charge is 0.270 e. The summed E-state index contributed by atoms with van der Waals surface area (Å²) in [6.45, 7) is 2.86. The number of hydrogen-bond acceptors (Lipinski definition) is 3. The highest BCUT2D eigenvalue weighted by atomic mass is 79.9. The molecule has 1 fully saturated rings. The van der Waals surface area contributed by atoms with Gasteiger partial charge >= 0.3 is 0 Å². The van der Waals surface area contributed by atoms with Gasteiger partial charge in [0.05, 0.1) is 15.6 Å². The standard InChI is InChI=1S/C26H18BrClN2OS2/c1-16-20(19-9-5-6-10-23(19)29(16)15-17-7-3-2-4-8-17)14-24-25(31)30(26(32)33-24)18-11-12-21(27)22(28)13-18/h2-14H,15H2,1H3/b24-14-. The first-order valence-electron chi connectivity index (χ1n) is 10.3. The maximum atomic E-state index is 13.3. The van der Waals surface area contributed by atoms with Crippen molar-refractivity contribution in [1.29, 1.82) is 0 Å². The van der Waals surface area contributed by atoms with E-state index in [1.807, 2.05) is 36.4 Å². The van der Waals surface area contributed by atoms with Crippen LogP contribution in [-0.4, -0.2) is 14.8 Å². The van der Waals surface area contributed by atoms with Crippen molar-refractivity contribution in [1.82, 2.24) is 4.57 Å². The molecule has 0 aliphatic carbocycles. The van der Waals surface area contributed by atoms with E-state index < -0.39 is 0 Å². The van der Waals surface area contributed by atoms with E-state index in [1.54, 1.807) is 11.0 Å². The highest BCUT2D eigenvalue weighted by molar-refractivity contribution is 9.10. The zero-order valence-electron chi connectivity index (χ0n) is 17.6. The first-order chi connectivity index (χ1) is 15.9. The van der Waals surface area contributed by atoms with Gasteiger partial charge in [0, 0.05) is 33.2 Å². The second-order valence-electron chi connectivity index (χ2n) is 7.70. The van der Waals surface area contributed by atoms with Crippen molar-refractivity contribution in [2.24, 2.45) is 0 Å². The number of aromatic nitrogens is 1. The van der Waals surface area contributed by atoms with Crippen molar-refractivity contribution in [2.45, 2.75) is 13.5 Å². The van der Waals surface area contributed by atoms with E-state index in [9.17, 15) is 4.79 Å². The first-order valence-corrected chi connectivity index (χ1v) is 12.7. The molecule has 4 aromatic rings. The molecule has 1 aliphatic heterocycles. The third-order valence-corrected chi connectivity index (χ3v) is 8.23. The largest absolute Gasteiger partial charge is 0.340 e. The average molecular weight is 554 g/mol. The van der Waals surface area contributed by atoms with Crippen LogP contribution in [0, 0.1) is 6.92 Å². The summed E-state index contributed by atoms with van der Waals surface area (Å²) in [4.78, 5) is 15.5. The fourth-order valence-electron chi connectivity index (χ4n) is 4.06. The van der Waals surface area contributed by atoms with Gasteiger partial charge in [0.15, 0.2) is 4.32 Å². The lowest BCUT2D eigenvalue weighted by Crippen LogP contribution is -2.27. The molecular formula is C26H18BrClN2OS2. The maximum Gasteiger partial charge on any atom is 0.270 e. The fourth-order valence-corrected chi connectivity index (χ4v) is 5.76. The van der Waals surface area contributed by atoms with Crippen LogP contribution >= 0.6 is 51.5 Å². The molecule has 1 aromatic heterocycles. The number of rotatable bonds is 4. The van der Waals surface area contributed by atoms with Crippen LogP contribution in [0.5, 0.6) is 0 Å². The van der Waals surface area contributed by atoms with Gasteiger partial charge in [-0.25, -0.2) is 0 Å². The van der Waals surface area contributed by atoms with Crippen molar-refractivity contribution in [3.63, 3.8) is 0 Å². The summed E-state index contributed by atoms with van der Waals surface area (Å²) < 4.78 is 3.57. The average Bonchev–Trinajstić information content (AvgIpc) is 3.24. The Morgan fingerprint density at radius 1 is 1.06 bits per heavy atom. The van der Waals surface area contributed by atoms with Crippen LogP contribution in [0.1, 0.15) is 16.8 Å². The number of halogens is 2. The Morgan fingerprint density at radius 3 is 2.55 bits per heavy atom. The number of carbonyl (C=O) groups excluding carboxylic acids is 1. The molecule has 5 rings (SSSR count).